The lowest BCUT2D eigenvalue weighted by molar-refractivity contribution is 0.577. The van der Waals surface area contributed by atoms with Crippen LogP contribution < -0.4 is 20.4 Å². The van der Waals surface area contributed by atoms with E-state index in [4.69, 9.17) is 9.97 Å². The third-order valence-electron chi connectivity index (χ3n) is 11.2. The van der Waals surface area contributed by atoms with Gasteiger partial charge < -0.3 is 30.4 Å². The number of aromatic amines is 2. The molecule has 2 aromatic heterocycles. The molecule has 0 bridgehead atoms. The number of anilines is 2. The number of aryl methyl sites for hydroxylation is 1. The maximum atomic E-state index is 4.98. The minimum Gasteiger partial charge on any atom is -0.371 e. The highest BCUT2D eigenvalue weighted by atomic mass is 15.2. The molecule has 3 aromatic carbocycles. The molecule has 9 rings (SSSR count). The van der Waals surface area contributed by atoms with Crippen molar-refractivity contribution in [1.29, 1.82) is 0 Å². The van der Waals surface area contributed by atoms with Crippen LogP contribution in [0.1, 0.15) is 110 Å². The Morgan fingerprint density at radius 2 is 1.22 bits per heavy atom. The lowest BCUT2D eigenvalue weighted by atomic mass is 10.0. The summed E-state index contributed by atoms with van der Waals surface area (Å²) in [7, 11) is 0. The highest BCUT2D eigenvalue weighted by molar-refractivity contribution is 5.78. The molecule has 8 nitrogen and oxygen atoms in total. The van der Waals surface area contributed by atoms with E-state index in [1.54, 1.807) is 0 Å². The molecular formula is C38H46N8. The maximum absolute atomic E-state index is 4.98. The van der Waals surface area contributed by atoms with E-state index in [0.717, 1.165) is 72.5 Å². The van der Waals surface area contributed by atoms with Crippen molar-refractivity contribution in [2.24, 2.45) is 0 Å². The zero-order chi connectivity index (χ0) is 30.6. The zero-order valence-electron chi connectivity index (χ0n) is 27.0. The van der Waals surface area contributed by atoms with Crippen LogP contribution in [0, 0.1) is 6.92 Å². The van der Waals surface area contributed by atoms with Gasteiger partial charge in [0.1, 0.15) is 11.6 Å². The molecule has 6 heterocycles. The quantitative estimate of drug-likeness (QED) is 0.157. The largest absolute Gasteiger partial charge is 0.371 e. The molecule has 4 fully saturated rings. The van der Waals surface area contributed by atoms with Gasteiger partial charge in [-0.2, -0.15) is 0 Å². The number of rotatable bonds is 6. The SMILES string of the molecule is Cc1cc(N2[C@@H](c3ccc4nc([C@@H]5CCCN5)[nH]c4c3)CC[C@H]2c2ccc3nc([C@@H]4CCCN4)[nH]c3c2)ccc1N1CCCCC1. The van der Waals surface area contributed by atoms with Crippen LogP contribution in [-0.4, -0.2) is 46.1 Å². The Balaban J connectivity index is 1.09. The second kappa shape index (κ2) is 11.7. The Morgan fingerprint density at radius 1 is 0.630 bits per heavy atom. The number of hydrogen-bond acceptors (Lipinski definition) is 6. The number of benzene rings is 3. The average Bonchev–Trinajstić information content (AvgIpc) is 3.93. The van der Waals surface area contributed by atoms with Gasteiger partial charge in [-0.1, -0.05) is 12.1 Å². The van der Waals surface area contributed by atoms with Gasteiger partial charge in [-0.15, -0.1) is 0 Å². The number of piperidine rings is 1. The summed E-state index contributed by atoms with van der Waals surface area (Å²) in [5.41, 5.74) is 11.2. The van der Waals surface area contributed by atoms with Gasteiger partial charge in [0.05, 0.1) is 46.2 Å². The van der Waals surface area contributed by atoms with Gasteiger partial charge in [0.15, 0.2) is 0 Å². The van der Waals surface area contributed by atoms with E-state index in [0.29, 0.717) is 12.1 Å². The summed E-state index contributed by atoms with van der Waals surface area (Å²) in [6.07, 6.45) is 10.9. The van der Waals surface area contributed by atoms with Gasteiger partial charge >= 0.3 is 0 Å². The van der Waals surface area contributed by atoms with Gasteiger partial charge in [0.25, 0.3) is 0 Å². The molecule has 0 unspecified atom stereocenters. The lowest BCUT2D eigenvalue weighted by Crippen LogP contribution is -2.30. The van der Waals surface area contributed by atoms with Crippen molar-refractivity contribution < 1.29 is 0 Å². The molecule has 0 aliphatic carbocycles. The Bertz CT molecular complexity index is 1750. The molecule has 46 heavy (non-hydrogen) atoms. The summed E-state index contributed by atoms with van der Waals surface area (Å²) in [6, 6.07) is 22.3. The summed E-state index contributed by atoms with van der Waals surface area (Å²) < 4.78 is 0. The molecule has 4 aliphatic heterocycles. The first-order chi connectivity index (χ1) is 22.7. The van der Waals surface area contributed by atoms with Crippen LogP contribution >= 0.6 is 0 Å². The fourth-order valence-corrected chi connectivity index (χ4v) is 8.79. The van der Waals surface area contributed by atoms with Gasteiger partial charge in [0.2, 0.25) is 0 Å². The number of imidazole rings is 2. The smallest absolute Gasteiger partial charge is 0.124 e. The Kier molecular flexibility index (Phi) is 7.23. The lowest BCUT2D eigenvalue weighted by Gasteiger charge is -2.35. The molecule has 0 spiro atoms. The summed E-state index contributed by atoms with van der Waals surface area (Å²) in [5.74, 6) is 2.16. The fraction of sp³-hybridized carbons (Fsp3) is 0.474. The van der Waals surface area contributed by atoms with Gasteiger partial charge in [-0.3, -0.25) is 0 Å². The Hall–Kier alpha value is -3.88. The highest BCUT2D eigenvalue weighted by Crippen LogP contribution is 2.48. The van der Waals surface area contributed by atoms with Crippen LogP contribution in [0.5, 0.6) is 0 Å². The summed E-state index contributed by atoms with van der Waals surface area (Å²) in [6.45, 7) is 6.79. The van der Waals surface area contributed by atoms with Crippen molar-refractivity contribution in [3.05, 3.63) is 82.9 Å². The van der Waals surface area contributed by atoms with Crippen LogP contribution in [0.15, 0.2) is 54.6 Å². The minimum absolute atomic E-state index is 0.279. The molecule has 4 N–H and O–H groups in total. The van der Waals surface area contributed by atoms with Gasteiger partial charge in [-0.05, 0) is 137 Å². The first kappa shape index (κ1) is 28.4. The average molecular weight is 615 g/mol. The van der Waals surface area contributed by atoms with E-state index < -0.39 is 0 Å². The molecule has 238 valence electrons. The van der Waals surface area contributed by atoms with Crippen LogP contribution in [0.25, 0.3) is 22.1 Å². The maximum Gasteiger partial charge on any atom is 0.124 e. The van der Waals surface area contributed by atoms with Gasteiger partial charge in [-0.25, -0.2) is 9.97 Å². The normalized spacial score (nSPS) is 25.4. The summed E-state index contributed by atoms with van der Waals surface area (Å²) >= 11 is 0. The third-order valence-corrected chi connectivity index (χ3v) is 11.2. The Morgan fingerprint density at radius 3 is 1.74 bits per heavy atom. The molecule has 5 aromatic rings. The van der Waals surface area contributed by atoms with Crippen molar-refractivity contribution in [2.45, 2.75) is 88.9 Å². The number of aromatic nitrogens is 4. The monoisotopic (exact) mass is 614 g/mol. The van der Waals surface area contributed by atoms with Crippen LogP contribution in [0.2, 0.25) is 0 Å². The molecular weight excluding hydrogens is 568 g/mol. The van der Waals surface area contributed by atoms with E-state index in [1.165, 1.54) is 73.3 Å². The van der Waals surface area contributed by atoms with E-state index >= 15 is 0 Å². The van der Waals surface area contributed by atoms with E-state index in [2.05, 4.69) is 91.9 Å². The molecule has 8 heteroatoms. The van der Waals surface area contributed by atoms with Crippen LogP contribution in [0.3, 0.4) is 0 Å². The van der Waals surface area contributed by atoms with E-state index in [1.807, 2.05) is 0 Å². The summed E-state index contributed by atoms with van der Waals surface area (Å²) in [4.78, 5) is 22.6. The van der Waals surface area contributed by atoms with Crippen molar-refractivity contribution in [3.8, 4) is 0 Å². The number of fused-ring (bicyclic) bond motifs is 2. The first-order valence-electron chi connectivity index (χ1n) is 17.8. The molecule has 4 atom stereocenters. The third kappa shape index (κ3) is 5.06. The van der Waals surface area contributed by atoms with Crippen LogP contribution in [-0.2, 0) is 0 Å². The highest BCUT2D eigenvalue weighted by Gasteiger charge is 2.36. The number of H-pyrrole nitrogens is 2. The number of hydrogen-bond donors (Lipinski definition) is 4. The van der Waals surface area contributed by atoms with Crippen molar-refractivity contribution in [2.75, 3.05) is 36.0 Å². The fourth-order valence-electron chi connectivity index (χ4n) is 8.79. The zero-order valence-corrected chi connectivity index (χ0v) is 27.0. The van der Waals surface area contributed by atoms with E-state index in [9.17, 15) is 0 Å². The first-order valence-corrected chi connectivity index (χ1v) is 17.8. The molecule has 4 aliphatic rings. The van der Waals surface area contributed by atoms with Gasteiger partial charge in [0, 0.05) is 24.5 Å². The second-order valence-electron chi connectivity index (χ2n) is 14.1. The van der Waals surface area contributed by atoms with Crippen LogP contribution in [0.4, 0.5) is 11.4 Å². The number of nitrogens with one attached hydrogen (secondary N) is 4. The van der Waals surface area contributed by atoms with Crippen molar-refractivity contribution in [1.82, 2.24) is 30.6 Å². The van der Waals surface area contributed by atoms with Crippen molar-refractivity contribution in [3.63, 3.8) is 0 Å². The standard InChI is InChI=1S/C38H46N8/c1-24-21-27(11-14-34(24)45-19-3-2-4-20-45)46-35(25-9-12-28-32(22-25)43-37(41-28)30-7-5-17-39-30)15-16-36(46)26-10-13-29-33(23-26)44-38(42-29)31-8-6-18-40-31/h9-14,21-23,30-31,35-36,39-40H,2-8,15-20H2,1H3,(H,41,43)(H,42,44)/t30-,31-,35-,36+/m0/s1. The van der Waals surface area contributed by atoms with Crippen molar-refractivity contribution >= 4 is 33.4 Å². The predicted molar refractivity (Wildman–Crippen MR) is 187 cm³/mol. The molecule has 0 saturated carbocycles. The molecule has 0 amide bonds. The minimum atomic E-state index is 0.279. The second-order valence-corrected chi connectivity index (χ2v) is 14.1. The number of nitrogens with zero attached hydrogens (tertiary/aromatic N) is 4. The predicted octanol–water partition coefficient (Wildman–Crippen LogP) is 7.67. The molecule has 0 radical (unpaired) electrons. The summed E-state index contributed by atoms with van der Waals surface area (Å²) in [5, 5.41) is 7.21. The Labute approximate surface area is 271 Å². The molecule has 4 saturated heterocycles. The topological polar surface area (TPSA) is 87.9 Å². The van der Waals surface area contributed by atoms with E-state index in [-0.39, 0.29) is 12.1 Å².